The second-order valence-corrected chi connectivity index (χ2v) is 7.77. The van der Waals surface area contributed by atoms with Crippen LogP contribution in [0.5, 0.6) is 0 Å². The molecule has 7 heteroatoms. The van der Waals surface area contributed by atoms with Gasteiger partial charge in [0.25, 0.3) is 5.91 Å². The van der Waals surface area contributed by atoms with Crippen LogP contribution >= 0.6 is 11.8 Å². The number of thioether (sulfide) groups is 1. The van der Waals surface area contributed by atoms with Crippen molar-refractivity contribution in [1.82, 2.24) is 16.0 Å². The standard InChI is InChI=1S/C23H40N4O2S/c1-6-9-15-30-16-10-11-20(23(29)27-12-7-2)18-21(25-8-3)19(4)17-22(28)26-14-13-24-5/h6-7,9-12,18-19,22,24,26,28H,8,13-17H2,1-5H3,(H,27,29). The van der Waals surface area contributed by atoms with E-state index < -0.39 is 6.23 Å². The molecule has 0 rings (SSSR count). The minimum Gasteiger partial charge on any atom is -0.379 e. The van der Waals surface area contributed by atoms with E-state index in [1.54, 1.807) is 24.0 Å². The maximum absolute atomic E-state index is 12.6. The summed E-state index contributed by atoms with van der Waals surface area (Å²) in [4.78, 5) is 17.2. The first-order valence-electron chi connectivity index (χ1n) is 10.6. The SMILES string of the molecule is CC=CCSCC=CC(=CC(=NCC)C(C)CC(O)NCCNC)C(=O)NC=CC. The van der Waals surface area contributed by atoms with Gasteiger partial charge in [-0.05, 0) is 46.5 Å². The molecule has 0 radical (unpaired) electrons. The van der Waals surface area contributed by atoms with Gasteiger partial charge in [0.1, 0.15) is 6.23 Å². The molecule has 0 aliphatic rings. The molecule has 0 heterocycles. The van der Waals surface area contributed by atoms with E-state index in [1.165, 1.54) is 0 Å². The molecule has 4 N–H and O–H groups in total. The third-order valence-electron chi connectivity index (χ3n) is 4.09. The van der Waals surface area contributed by atoms with Crippen LogP contribution in [0, 0.1) is 5.92 Å². The first-order chi connectivity index (χ1) is 14.5. The number of likely N-dealkylation sites (N-methyl/N-ethyl adjacent to an activating group) is 1. The Hall–Kier alpha value is -1.67. The van der Waals surface area contributed by atoms with Crippen LogP contribution in [0.1, 0.15) is 34.1 Å². The van der Waals surface area contributed by atoms with Gasteiger partial charge in [-0.25, -0.2) is 0 Å². The summed E-state index contributed by atoms with van der Waals surface area (Å²) >= 11 is 1.78. The van der Waals surface area contributed by atoms with Crippen molar-refractivity contribution >= 4 is 23.4 Å². The average molecular weight is 437 g/mol. The molecular formula is C23H40N4O2S. The topological polar surface area (TPSA) is 85.8 Å². The Balaban J connectivity index is 5.33. The van der Waals surface area contributed by atoms with Gasteiger partial charge in [-0.15, -0.1) is 0 Å². The van der Waals surface area contributed by atoms with Crippen molar-refractivity contribution < 1.29 is 9.90 Å². The van der Waals surface area contributed by atoms with Crippen LogP contribution in [-0.4, -0.2) is 61.1 Å². The Kier molecular flexibility index (Phi) is 18.2. The van der Waals surface area contributed by atoms with Gasteiger partial charge in [0.15, 0.2) is 0 Å². The molecule has 170 valence electrons. The van der Waals surface area contributed by atoms with Gasteiger partial charge in [0, 0.05) is 48.3 Å². The van der Waals surface area contributed by atoms with Crippen LogP contribution in [0.15, 0.2) is 53.2 Å². The highest BCUT2D eigenvalue weighted by atomic mass is 32.2. The third kappa shape index (κ3) is 14.3. The maximum atomic E-state index is 12.6. The number of hydrogen-bond donors (Lipinski definition) is 4. The van der Waals surface area contributed by atoms with Crippen LogP contribution in [0.3, 0.4) is 0 Å². The summed E-state index contributed by atoms with van der Waals surface area (Å²) in [7, 11) is 1.88. The molecule has 0 aliphatic heterocycles. The zero-order chi connectivity index (χ0) is 22.6. The summed E-state index contributed by atoms with van der Waals surface area (Å²) < 4.78 is 0. The predicted octanol–water partition coefficient (Wildman–Crippen LogP) is 3.04. The van der Waals surface area contributed by atoms with Gasteiger partial charge >= 0.3 is 0 Å². The fourth-order valence-electron chi connectivity index (χ4n) is 2.50. The molecule has 0 fully saturated rings. The molecule has 2 atom stereocenters. The van der Waals surface area contributed by atoms with Gasteiger partial charge in [-0.1, -0.05) is 37.3 Å². The highest BCUT2D eigenvalue weighted by Gasteiger charge is 2.16. The average Bonchev–Trinajstić information content (AvgIpc) is 2.72. The number of amides is 1. The summed E-state index contributed by atoms with van der Waals surface area (Å²) in [5.74, 6) is 1.60. The minimum absolute atomic E-state index is 0.00372. The van der Waals surface area contributed by atoms with E-state index in [0.717, 1.165) is 23.8 Å². The van der Waals surface area contributed by atoms with Crippen LogP contribution in [-0.2, 0) is 4.79 Å². The fraction of sp³-hybridized carbons (Fsp3) is 0.565. The lowest BCUT2D eigenvalue weighted by atomic mass is 9.97. The molecule has 6 nitrogen and oxygen atoms in total. The molecule has 0 bridgehead atoms. The smallest absolute Gasteiger partial charge is 0.255 e. The Morgan fingerprint density at radius 2 is 1.90 bits per heavy atom. The Labute approximate surface area is 187 Å². The lowest BCUT2D eigenvalue weighted by Crippen LogP contribution is -2.36. The van der Waals surface area contributed by atoms with Crippen molar-refractivity contribution in [2.24, 2.45) is 10.9 Å². The molecular weight excluding hydrogens is 396 g/mol. The number of aliphatic imine (C=N–C) groups is 1. The molecule has 0 aromatic heterocycles. The molecule has 0 saturated heterocycles. The van der Waals surface area contributed by atoms with Crippen LogP contribution in [0.2, 0.25) is 0 Å². The van der Waals surface area contributed by atoms with Crippen LogP contribution in [0.4, 0.5) is 0 Å². The molecule has 0 saturated carbocycles. The zero-order valence-corrected chi connectivity index (χ0v) is 20.0. The van der Waals surface area contributed by atoms with Crippen molar-refractivity contribution in [3.8, 4) is 0 Å². The molecule has 0 aliphatic carbocycles. The van der Waals surface area contributed by atoms with Gasteiger partial charge in [0.05, 0.1) is 0 Å². The summed E-state index contributed by atoms with van der Waals surface area (Å²) in [5, 5.41) is 19.1. The monoisotopic (exact) mass is 436 g/mol. The van der Waals surface area contributed by atoms with E-state index in [9.17, 15) is 9.90 Å². The number of aliphatic hydroxyl groups is 1. The molecule has 1 amide bonds. The highest BCUT2D eigenvalue weighted by Crippen LogP contribution is 2.12. The number of rotatable bonds is 16. The van der Waals surface area contributed by atoms with Crippen molar-refractivity contribution in [3.05, 3.63) is 48.2 Å². The van der Waals surface area contributed by atoms with Crippen molar-refractivity contribution in [3.63, 3.8) is 0 Å². The second kappa shape index (κ2) is 19.3. The number of aliphatic hydroxyl groups excluding tert-OH is 1. The lowest BCUT2D eigenvalue weighted by Gasteiger charge is -2.18. The number of hydrogen-bond acceptors (Lipinski definition) is 6. The Bertz CT molecular complexity index is 612. The number of allylic oxidation sites excluding steroid dienone is 3. The van der Waals surface area contributed by atoms with Crippen LogP contribution in [0.25, 0.3) is 0 Å². The van der Waals surface area contributed by atoms with E-state index in [4.69, 9.17) is 0 Å². The van der Waals surface area contributed by atoms with Crippen LogP contribution < -0.4 is 16.0 Å². The fourth-order valence-corrected chi connectivity index (χ4v) is 3.19. The molecule has 30 heavy (non-hydrogen) atoms. The molecule has 2 unspecified atom stereocenters. The highest BCUT2D eigenvalue weighted by molar-refractivity contribution is 7.99. The molecule has 0 aromatic rings. The van der Waals surface area contributed by atoms with Gasteiger partial charge in [0.2, 0.25) is 0 Å². The molecule has 0 aromatic carbocycles. The Morgan fingerprint density at radius 1 is 1.17 bits per heavy atom. The van der Waals surface area contributed by atoms with Gasteiger partial charge in [-0.2, -0.15) is 11.8 Å². The Morgan fingerprint density at radius 3 is 2.53 bits per heavy atom. The van der Waals surface area contributed by atoms with Crippen molar-refractivity contribution in [2.45, 2.75) is 40.3 Å². The lowest BCUT2D eigenvalue weighted by molar-refractivity contribution is -0.116. The first-order valence-corrected chi connectivity index (χ1v) is 11.7. The summed E-state index contributed by atoms with van der Waals surface area (Å²) in [6, 6.07) is 0. The largest absolute Gasteiger partial charge is 0.379 e. The second-order valence-electron chi connectivity index (χ2n) is 6.69. The summed E-state index contributed by atoms with van der Waals surface area (Å²) in [5.41, 5.74) is 1.36. The number of nitrogens with one attached hydrogen (secondary N) is 3. The van der Waals surface area contributed by atoms with Crippen molar-refractivity contribution in [2.75, 3.05) is 38.2 Å². The molecule has 0 spiro atoms. The van der Waals surface area contributed by atoms with E-state index in [0.29, 0.717) is 25.1 Å². The first kappa shape index (κ1) is 28.3. The third-order valence-corrected chi connectivity index (χ3v) is 4.94. The van der Waals surface area contributed by atoms with E-state index in [-0.39, 0.29) is 11.8 Å². The van der Waals surface area contributed by atoms with Gasteiger partial charge < -0.3 is 15.7 Å². The normalized spacial score (nSPS) is 15.4. The van der Waals surface area contributed by atoms with Gasteiger partial charge in [-0.3, -0.25) is 15.1 Å². The van der Waals surface area contributed by atoms with Crippen molar-refractivity contribution in [1.29, 1.82) is 0 Å². The summed E-state index contributed by atoms with van der Waals surface area (Å²) in [6.07, 6.45) is 13.1. The number of carbonyl (C=O) groups excluding carboxylic acids is 1. The maximum Gasteiger partial charge on any atom is 0.255 e. The van der Waals surface area contributed by atoms with E-state index in [2.05, 4.69) is 27.0 Å². The van der Waals surface area contributed by atoms with E-state index >= 15 is 0 Å². The quantitative estimate of drug-likeness (QED) is 0.0746. The number of nitrogens with zero attached hydrogens (tertiary/aromatic N) is 1. The van der Waals surface area contributed by atoms with E-state index in [1.807, 2.05) is 59.0 Å². The minimum atomic E-state index is -0.623. The summed E-state index contributed by atoms with van der Waals surface area (Å²) in [6.45, 7) is 9.93. The zero-order valence-electron chi connectivity index (χ0n) is 19.1. The predicted molar refractivity (Wildman–Crippen MR) is 132 cm³/mol. The number of carbonyl (C=O) groups is 1.